The van der Waals surface area contributed by atoms with Crippen molar-refractivity contribution in [3.05, 3.63) is 30.2 Å². The molecule has 2 aromatic rings. The molecule has 0 saturated carbocycles. The van der Waals surface area contributed by atoms with E-state index >= 15 is 0 Å². The van der Waals surface area contributed by atoms with Crippen LogP contribution in [-0.2, 0) is 16.1 Å². The van der Waals surface area contributed by atoms with Gasteiger partial charge in [-0.1, -0.05) is 5.16 Å². The van der Waals surface area contributed by atoms with Crippen LogP contribution in [0.2, 0.25) is 0 Å². The lowest BCUT2D eigenvalue weighted by Gasteiger charge is -2.33. The maximum atomic E-state index is 11.3. The standard InChI is InChI=1S/C17H22N4O4/c1-23-14-5-3-13(4-6-14)17-18-15(25-19-17)11-20-7-9-21(10-8-20)12-16(22)24-2/h3-6H,7-12H2,1-2H3. The number of benzene rings is 1. The maximum absolute atomic E-state index is 11.3. The first-order valence-electron chi connectivity index (χ1n) is 8.16. The molecule has 8 nitrogen and oxygen atoms in total. The average Bonchev–Trinajstić information content (AvgIpc) is 3.12. The number of esters is 1. The van der Waals surface area contributed by atoms with Gasteiger partial charge in [0.1, 0.15) is 5.75 Å². The molecule has 8 heteroatoms. The van der Waals surface area contributed by atoms with Crippen molar-refractivity contribution in [1.82, 2.24) is 19.9 Å². The van der Waals surface area contributed by atoms with Gasteiger partial charge in [0.2, 0.25) is 11.7 Å². The summed E-state index contributed by atoms with van der Waals surface area (Å²) in [6.45, 7) is 4.26. The van der Waals surface area contributed by atoms with Crippen LogP contribution in [0.4, 0.5) is 0 Å². The van der Waals surface area contributed by atoms with Crippen molar-refractivity contribution in [3.63, 3.8) is 0 Å². The number of hydrogen-bond donors (Lipinski definition) is 0. The Labute approximate surface area is 146 Å². The van der Waals surface area contributed by atoms with Crippen molar-refractivity contribution in [2.45, 2.75) is 6.54 Å². The van der Waals surface area contributed by atoms with Crippen LogP contribution in [0.25, 0.3) is 11.4 Å². The van der Waals surface area contributed by atoms with Crippen LogP contribution in [0.3, 0.4) is 0 Å². The van der Waals surface area contributed by atoms with Gasteiger partial charge < -0.3 is 14.0 Å². The lowest BCUT2D eigenvalue weighted by Crippen LogP contribution is -2.47. The molecule has 3 rings (SSSR count). The van der Waals surface area contributed by atoms with Crippen molar-refractivity contribution >= 4 is 5.97 Å². The molecule has 0 atom stereocenters. The topological polar surface area (TPSA) is 80.9 Å². The molecular weight excluding hydrogens is 324 g/mol. The fourth-order valence-electron chi connectivity index (χ4n) is 2.72. The summed E-state index contributed by atoms with van der Waals surface area (Å²) in [6, 6.07) is 7.54. The Morgan fingerprint density at radius 3 is 2.44 bits per heavy atom. The normalized spacial score (nSPS) is 15.9. The van der Waals surface area contributed by atoms with Gasteiger partial charge >= 0.3 is 5.97 Å². The number of piperazine rings is 1. The highest BCUT2D eigenvalue weighted by atomic mass is 16.5. The number of nitrogens with zero attached hydrogens (tertiary/aromatic N) is 4. The lowest BCUT2D eigenvalue weighted by molar-refractivity contribution is -0.142. The average molecular weight is 346 g/mol. The van der Waals surface area contributed by atoms with Crippen molar-refractivity contribution in [2.75, 3.05) is 46.9 Å². The van der Waals surface area contributed by atoms with Crippen LogP contribution < -0.4 is 4.74 Å². The van der Waals surface area contributed by atoms with Crippen LogP contribution >= 0.6 is 0 Å². The van der Waals surface area contributed by atoms with E-state index in [2.05, 4.69) is 19.9 Å². The maximum Gasteiger partial charge on any atom is 0.319 e. The van der Waals surface area contributed by atoms with Crippen LogP contribution in [0.1, 0.15) is 5.89 Å². The second-order valence-corrected chi connectivity index (χ2v) is 5.87. The van der Waals surface area contributed by atoms with Gasteiger partial charge in [0, 0.05) is 31.7 Å². The molecule has 25 heavy (non-hydrogen) atoms. The minimum Gasteiger partial charge on any atom is -0.497 e. The van der Waals surface area contributed by atoms with Crippen LogP contribution in [0.5, 0.6) is 5.75 Å². The third kappa shape index (κ3) is 4.55. The van der Waals surface area contributed by atoms with E-state index in [1.54, 1.807) is 7.11 Å². The summed E-state index contributed by atoms with van der Waals surface area (Å²) in [5.74, 6) is 1.75. The Balaban J connectivity index is 1.53. The van der Waals surface area contributed by atoms with Gasteiger partial charge in [0.25, 0.3) is 0 Å². The molecule has 1 saturated heterocycles. The van der Waals surface area contributed by atoms with Crippen molar-refractivity contribution in [1.29, 1.82) is 0 Å². The van der Waals surface area contributed by atoms with Crippen molar-refractivity contribution in [3.8, 4) is 17.1 Å². The molecule has 0 radical (unpaired) electrons. The Morgan fingerprint density at radius 2 is 1.80 bits per heavy atom. The molecule has 0 N–H and O–H groups in total. The van der Waals surface area contributed by atoms with Crippen LogP contribution in [0.15, 0.2) is 28.8 Å². The fourth-order valence-corrected chi connectivity index (χ4v) is 2.72. The number of hydrogen-bond acceptors (Lipinski definition) is 8. The van der Waals surface area contributed by atoms with Crippen molar-refractivity contribution < 1.29 is 18.8 Å². The zero-order valence-electron chi connectivity index (χ0n) is 14.5. The largest absolute Gasteiger partial charge is 0.497 e. The van der Waals surface area contributed by atoms with Gasteiger partial charge in [0.15, 0.2) is 0 Å². The van der Waals surface area contributed by atoms with Crippen molar-refractivity contribution in [2.24, 2.45) is 0 Å². The number of rotatable bonds is 6. The zero-order chi connectivity index (χ0) is 17.6. The molecule has 1 aromatic heterocycles. The van der Waals surface area contributed by atoms with Gasteiger partial charge in [0.05, 0.1) is 27.3 Å². The van der Waals surface area contributed by atoms with Crippen LogP contribution in [0, 0.1) is 0 Å². The second-order valence-electron chi connectivity index (χ2n) is 5.87. The molecule has 1 aromatic carbocycles. The fraction of sp³-hybridized carbons (Fsp3) is 0.471. The summed E-state index contributed by atoms with van der Waals surface area (Å²) < 4.78 is 15.2. The first kappa shape index (κ1) is 17.4. The summed E-state index contributed by atoms with van der Waals surface area (Å²) in [5, 5.41) is 4.05. The number of ether oxygens (including phenoxy) is 2. The lowest BCUT2D eigenvalue weighted by atomic mass is 10.2. The molecule has 0 spiro atoms. The monoisotopic (exact) mass is 346 g/mol. The molecule has 134 valence electrons. The first-order valence-corrected chi connectivity index (χ1v) is 8.16. The highest BCUT2D eigenvalue weighted by Gasteiger charge is 2.21. The van der Waals surface area contributed by atoms with E-state index in [1.165, 1.54) is 7.11 Å². The molecule has 1 aliphatic rings. The Bertz CT molecular complexity index is 693. The molecule has 2 heterocycles. The predicted octanol–water partition coefficient (Wildman–Crippen LogP) is 1.04. The number of aromatic nitrogens is 2. The highest BCUT2D eigenvalue weighted by molar-refractivity contribution is 5.71. The quantitative estimate of drug-likeness (QED) is 0.718. The Morgan fingerprint density at radius 1 is 1.12 bits per heavy atom. The molecule has 0 bridgehead atoms. The van der Waals surface area contributed by atoms with E-state index in [9.17, 15) is 4.79 Å². The molecule has 0 aliphatic carbocycles. The van der Waals surface area contributed by atoms with E-state index < -0.39 is 0 Å². The zero-order valence-corrected chi connectivity index (χ0v) is 14.5. The highest BCUT2D eigenvalue weighted by Crippen LogP contribution is 2.20. The van der Waals surface area contributed by atoms with E-state index in [1.807, 2.05) is 24.3 Å². The smallest absolute Gasteiger partial charge is 0.319 e. The van der Waals surface area contributed by atoms with E-state index in [0.29, 0.717) is 24.8 Å². The summed E-state index contributed by atoms with van der Waals surface area (Å²) in [5.41, 5.74) is 0.888. The Hall–Kier alpha value is -2.45. The van der Waals surface area contributed by atoms with E-state index in [0.717, 1.165) is 37.5 Å². The Kier molecular flexibility index (Phi) is 5.62. The minimum atomic E-state index is -0.200. The number of carbonyl (C=O) groups excluding carboxylic acids is 1. The summed E-state index contributed by atoms with van der Waals surface area (Å²) >= 11 is 0. The molecular formula is C17H22N4O4. The minimum absolute atomic E-state index is 0.200. The van der Waals surface area contributed by atoms with Gasteiger partial charge in [-0.15, -0.1) is 0 Å². The predicted molar refractivity (Wildman–Crippen MR) is 90.0 cm³/mol. The van der Waals surface area contributed by atoms with Gasteiger partial charge in [-0.05, 0) is 24.3 Å². The summed E-state index contributed by atoms with van der Waals surface area (Å²) in [4.78, 5) is 20.1. The van der Waals surface area contributed by atoms with E-state index in [4.69, 9.17) is 14.0 Å². The summed E-state index contributed by atoms with van der Waals surface area (Å²) in [6.07, 6.45) is 0. The van der Waals surface area contributed by atoms with Crippen LogP contribution in [-0.4, -0.2) is 72.9 Å². The first-order chi connectivity index (χ1) is 12.2. The number of carbonyl (C=O) groups is 1. The van der Waals surface area contributed by atoms with Gasteiger partial charge in [-0.3, -0.25) is 14.6 Å². The SMILES string of the molecule is COC(=O)CN1CCN(Cc2nc(-c3ccc(OC)cc3)no2)CC1. The van der Waals surface area contributed by atoms with Gasteiger partial charge in [-0.25, -0.2) is 0 Å². The number of methoxy groups -OCH3 is 2. The summed E-state index contributed by atoms with van der Waals surface area (Å²) in [7, 11) is 3.04. The second kappa shape index (κ2) is 8.09. The van der Waals surface area contributed by atoms with E-state index in [-0.39, 0.29) is 5.97 Å². The molecule has 0 unspecified atom stereocenters. The molecule has 1 aliphatic heterocycles. The van der Waals surface area contributed by atoms with Gasteiger partial charge in [-0.2, -0.15) is 4.98 Å². The molecule has 1 fully saturated rings. The third-order valence-corrected chi connectivity index (χ3v) is 4.22. The third-order valence-electron chi connectivity index (χ3n) is 4.22. The molecule has 0 amide bonds.